The minimum atomic E-state index is -0.149. The van der Waals surface area contributed by atoms with Gasteiger partial charge in [0.2, 0.25) is 11.8 Å². The SMILES string of the molecule is O=C1[C@@H]2[C@H]3C[C@H]([C@H](Br)[C@@H]3Br)[C@@H]2C(=O)N1c1ccc(Br)cc1. The van der Waals surface area contributed by atoms with Crippen LogP contribution in [0.1, 0.15) is 6.42 Å². The van der Waals surface area contributed by atoms with Gasteiger partial charge in [0.15, 0.2) is 0 Å². The lowest BCUT2D eigenvalue weighted by Gasteiger charge is -2.28. The highest BCUT2D eigenvalue weighted by atomic mass is 79.9. The number of imide groups is 1. The summed E-state index contributed by atoms with van der Waals surface area (Å²) >= 11 is 10.8. The van der Waals surface area contributed by atoms with Crippen molar-refractivity contribution in [2.75, 3.05) is 4.90 Å². The fraction of sp³-hybridized carbons (Fsp3) is 0.467. The van der Waals surface area contributed by atoms with Crippen molar-refractivity contribution in [1.82, 2.24) is 0 Å². The molecule has 0 unspecified atom stereocenters. The second kappa shape index (κ2) is 4.90. The summed E-state index contributed by atoms with van der Waals surface area (Å²) in [5.74, 6) is 0.184. The predicted molar refractivity (Wildman–Crippen MR) is 90.6 cm³/mol. The van der Waals surface area contributed by atoms with E-state index in [2.05, 4.69) is 47.8 Å². The van der Waals surface area contributed by atoms with Crippen LogP contribution in [0.15, 0.2) is 28.7 Å². The summed E-state index contributed by atoms with van der Waals surface area (Å²) in [4.78, 5) is 27.5. The molecule has 1 heterocycles. The Labute approximate surface area is 147 Å². The van der Waals surface area contributed by atoms with E-state index in [0.29, 0.717) is 5.69 Å². The first-order valence-corrected chi connectivity index (χ1v) is 9.54. The Morgan fingerprint density at radius 3 is 1.86 bits per heavy atom. The zero-order valence-electron chi connectivity index (χ0n) is 10.9. The van der Waals surface area contributed by atoms with Crippen molar-refractivity contribution in [3.8, 4) is 0 Å². The van der Waals surface area contributed by atoms with Gasteiger partial charge in [-0.05, 0) is 42.5 Å². The van der Waals surface area contributed by atoms with Gasteiger partial charge in [0.1, 0.15) is 0 Å². The third-order valence-electron chi connectivity index (χ3n) is 5.07. The minimum Gasteiger partial charge on any atom is -0.274 e. The van der Waals surface area contributed by atoms with Gasteiger partial charge in [-0.25, -0.2) is 0 Å². The summed E-state index contributed by atoms with van der Waals surface area (Å²) in [6, 6.07) is 7.36. The first kappa shape index (κ1) is 14.4. The van der Waals surface area contributed by atoms with E-state index in [-0.39, 0.29) is 45.1 Å². The second-order valence-electron chi connectivity index (χ2n) is 5.99. The second-order valence-corrected chi connectivity index (χ2v) is 9.02. The highest BCUT2D eigenvalue weighted by molar-refractivity contribution is 9.12. The topological polar surface area (TPSA) is 37.4 Å². The predicted octanol–water partition coefficient (Wildman–Crippen LogP) is 3.73. The average Bonchev–Trinajstić information content (AvgIpc) is 3.06. The molecule has 3 fully saturated rings. The van der Waals surface area contributed by atoms with Crippen LogP contribution in [0.25, 0.3) is 0 Å². The molecule has 1 saturated heterocycles. The van der Waals surface area contributed by atoms with Gasteiger partial charge in [0.25, 0.3) is 0 Å². The van der Waals surface area contributed by atoms with E-state index in [0.717, 1.165) is 10.9 Å². The number of nitrogens with zero attached hydrogens (tertiary/aromatic N) is 1. The summed E-state index contributed by atoms with van der Waals surface area (Å²) in [5.41, 5.74) is 0.680. The lowest BCUT2D eigenvalue weighted by Crippen LogP contribution is -2.37. The maximum Gasteiger partial charge on any atom is 0.238 e. The van der Waals surface area contributed by atoms with Crippen molar-refractivity contribution < 1.29 is 9.59 Å². The van der Waals surface area contributed by atoms with Crippen LogP contribution >= 0.6 is 47.8 Å². The van der Waals surface area contributed by atoms with Crippen LogP contribution < -0.4 is 4.90 Å². The Morgan fingerprint density at radius 1 is 0.905 bits per heavy atom. The molecule has 3 aliphatic rings. The van der Waals surface area contributed by atoms with Crippen molar-refractivity contribution in [1.29, 1.82) is 0 Å². The summed E-state index contributed by atoms with van der Waals surface area (Å²) in [5, 5.41) is 0. The van der Waals surface area contributed by atoms with Gasteiger partial charge in [-0.3, -0.25) is 14.5 Å². The summed E-state index contributed by atoms with van der Waals surface area (Å²) in [6.07, 6.45) is 0.965. The van der Waals surface area contributed by atoms with Gasteiger partial charge in [-0.15, -0.1) is 0 Å². The molecule has 4 rings (SSSR count). The first-order valence-electron chi connectivity index (χ1n) is 6.92. The highest BCUT2D eigenvalue weighted by Crippen LogP contribution is 2.60. The number of alkyl halides is 2. The van der Waals surface area contributed by atoms with Gasteiger partial charge < -0.3 is 0 Å². The molecule has 1 aromatic rings. The van der Waals surface area contributed by atoms with Crippen molar-refractivity contribution in [2.45, 2.75) is 16.1 Å². The molecule has 0 spiro atoms. The zero-order chi connectivity index (χ0) is 14.9. The molecule has 2 amide bonds. The maximum absolute atomic E-state index is 12.8. The Balaban J connectivity index is 1.73. The Hall–Kier alpha value is -0.200. The number of fused-ring (bicyclic) bond motifs is 5. The number of benzene rings is 1. The molecule has 6 heteroatoms. The van der Waals surface area contributed by atoms with Gasteiger partial charge in [-0.1, -0.05) is 47.8 Å². The average molecular weight is 478 g/mol. The highest BCUT2D eigenvalue weighted by Gasteiger charge is 2.66. The van der Waals surface area contributed by atoms with Gasteiger partial charge in [-0.2, -0.15) is 0 Å². The fourth-order valence-corrected chi connectivity index (χ4v) is 6.33. The lowest BCUT2D eigenvalue weighted by molar-refractivity contribution is -0.123. The summed E-state index contributed by atoms with van der Waals surface area (Å²) in [7, 11) is 0. The van der Waals surface area contributed by atoms with E-state index in [1.165, 1.54) is 4.90 Å². The van der Waals surface area contributed by atoms with Crippen LogP contribution in [0, 0.1) is 23.7 Å². The quantitative estimate of drug-likeness (QED) is 0.456. The van der Waals surface area contributed by atoms with Crippen molar-refractivity contribution in [2.24, 2.45) is 23.7 Å². The molecule has 2 aliphatic carbocycles. The normalized spacial score (nSPS) is 41.0. The Bertz CT molecular complexity index is 600. The van der Waals surface area contributed by atoms with E-state index >= 15 is 0 Å². The largest absolute Gasteiger partial charge is 0.274 e. The Morgan fingerprint density at radius 2 is 1.38 bits per heavy atom. The third-order valence-corrected chi connectivity index (χ3v) is 8.81. The molecule has 2 bridgehead atoms. The van der Waals surface area contributed by atoms with E-state index in [9.17, 15) is 9.59 Å². The number of carbonyl (C=O) groups excluding carboxylic acids is 2. The maximum atomic E-state index is 12.8. The molecule has 3 nitrogen and oxygen atoms in total. The summed E-state index contributed by atoms with van der Waals surface area (Å²) < 4.78 is 0.937. The molecule has 1 aliphatic heterocycles. The molecule has 21 heavy (non-hydrogen) atoms. The van der Waals surface area contributed by atoms with Crippen LogP contribution in [-0.2, 0) is 9.59 Å². The van der Waals surface area contributed by atoms with Crippen LogP contribution in [0.3, 0.4) is 0 Å². The molecule has 1 aromatic carbocycles. The Kier molecular flexibility index (Phi) is 3.36. The van der Waals surface area contributed by atoms with Crippen molar-refractivity contribution in [3.63, 3.8) is 0 Å². The van der Waals surface area contributed by atoms with Crippen molar-refractivity contribution >= 4 is 65.3 Å². The van der Waals surface area contributed by atoms with Crippen LogP contribution in [0.2, 0.25) is 0 Å². The number of halogens is 3. The monoisotopic (exact) mass is 475 g/mol. The summed E-state index contributed by atoms with van der Waals surface area (Å²) in [6.45, 7) is 0. The molecular weight excluding hydrogens is 466 g/mol. The van der Waals surface area contributed by atoms with Crippen LogP contribution in [0.5, 0.6) is 0 Å². The van der Waals surface area contributed by atoms with Crippen molar-refractivity contribution in [3.05, 3.63) is 28.7 Å². The number of hydrogen-bond acceptors (Lipinski definition) is 2. The molecule has 0 radical (unpaired) electrons. The van der Waals surface area contributed by atoms with E-state index in [1.807, 2.05) is 24.3 Å². The number of carbonyl (C=O) groups is 2. The first-order chi connectivity index (χ1) is 10.0. The van der Waals surface area contributed by atoms with Crippen LogP contribution in [0.4, 0.5) is 5.69 Å². The minimum absolute atomic E-state index is 0.0244. The van der Waals surface area contributed by atoms with E-state index in [1.54, 1.807) is 0 Å². The third kappa shape index (κ3) is 1.88. The number of hydrogen-bond donors (Lipinski definition) is 0. The fourth-order valence-electron chi connectivity index (χ4n) is 4.19. The number of amides is 2. The molecule has 0 N–H and O–H groups in total. The lowest BCUT2D eigenvalue weighted by atomic mass is 9.81. The number of anilines is 1. The smallest absolute Gasteiger partial charge is 0.238 e. The standard InChI is InChI=1S/C15H12Br3NO2/c16-6-1-3-7(4-2-6)19-14(20)10-8-5-9(11(10)15(19)21)13(18)12(8)17/h1-4,8-13H,5H2/t8-,9+,10-,11+,12-,13+. The van der Waals surface area contributed by atoms with Gasteiger partial charge >= 0.3 is 0 Å². The number of rotatable bonds is 1. The van der Waals surface area contributed by atoms with Gasteiger partial charge in [0, 0.05) is 14.1 Å². The van der Waals surface area contributed by atoms with Gasteiger partial charge in [0.05, 0.1) is 17.5 Å². The zero-order valence-corrected chi connectivity index (χ0v) is 15.6. The molecule has 6 atom stereocenters. The van der Waals surface area contributed by atoms with E-state index < -0.39 is 0 Å². The van der Waals surface area contributed by atoms with Crippen LogP contribution in [-0.4, -0.2) is 21.5 Å². The molecule has 110 valence electrons. The molecule has 2 saturated carbocycles. The molecule has 0 aromatic heterocycles. The molecular formula is C15H12Br3NO2. The van der Waals surface area contributed by atoms with E-state index in [4.69, 9.17) is 0 Å².